The highest BCUT2D eigenvalue weighted by atomic mass is 32.5. The molecule has 3 nitrogen and oxygen atoms in total. The number of aliphatic imine (C=N–C) groups is 1. The van der Waals surface area contributed by atoms with Gasteiger partial charge in [-0.05, 0) is 35.4 Å². The summed E-state index contributed by atoms with van der Waals surface area (Å²) in [7, 11) is -9.94. The van der Waals surface area contributed by atoms with Gasteiger partial charge in [0.15, 0.2) is 0 Å². The molecule has 0 aliphatic heterocycles. The third kappa shape index (κ3) is 3.45. The highest BCUT2D eigenvalue weighted by molar-refractivity contribution is 8.45. The van der Waals surface area contributed by atoms with Crippen molar-refractivity contribution in [3.8, 4) is 11.1 Å². The second kappa shape index (κ2) is 4.12. The molecule has 0 unspecified atom stereocenters. The number of halogens is 5. The van der Waals surface area contributed by atoms with Gasteiger partial charge in [-0.2, -0.15) is 4.99 Å². The molecule has 1 aromatic carbocycles. The summed E-state index contributed by atoms with van der Waals surface area (Å²) in [6.07, 6.45) is 3.63. The van der Waals surface area contributed by atoms with E-state index >= 15 is 0 Å². The normalized spacial score (nSPS) is 14.7. The van der Waals surface area contributed by atoms with Crippen LogP contribution in [0.2, 0.25) is 0 Å². The van der Waals surface area contributed by atoms with E-state index in [2.05, 4.69) is 9.98 Å². The molecule has 112 valence electrons. The van der Waals surface area contributed by atoms with Crippen molar-refractivity contribution in [3.05, 3.63) is 42.7 Å². The van der Waals surface area contributed by atoms with Gasteiger partial charge in [-0.3, -0.25) is 4.98 Å². The summed E-state index contributed by atoms with van der Waals surface area (Å²) >= 11 is 0. The molecular formula is C12H7F5N2OS. The standard InChI is InChI=1S/C12H7F5N2OS/c13-21(14,15,16,17)12-2-1-10(7-11(12)19-8-20)9-3-5-18-6-4-9/h1-7H. The lowest BCUT2D eigenvalue weighted by Gasteiger charge is -2.41. The maximum atomic E-state index is 12.9. The zero-order valence-electron chi connectivity index (χ0n) is 10.1. The minimum absolute atomic E-state index is 0.192. The van der Waals surface area contributed by atoms with Crippen LogP contribution in [0.3, 0.4) is 0 Å². The molecule has 0 fully saturated rings. The molecule has 2 rings (SSSR count). The van der Waals surface area contributed by atoms with E-state index in [-0.39, 0.29) is 11.6 Å². The zero-order chi connectivity index (χ0) is 15.8. The van der Waals surface area contributed by atoms with Gasteiger partial charge in [0.2, 0.25) is 6.08 Å². The second-order valence-corrected chi connectivity index (χ2v) is 6.47. The van der Waals surface area contributed by atoms with E-state index in [0.29, 0.717) is 5.56 Å². The van der Waals surface area contributed by atoms with E-state index in [1.807, 2.05) is 0 Å². The smallest absolute Gasteiger partial charge is 0.265 e. The van der Waals surface area contributed by atoms with Crippen molar-refractivity contribution < 1.29 is 24.2 Å². The maximum Gasteiger partial charge on any atom is 0.312 e. The van der Waals surface area contributed by atoms with Crippen LogP contribution in [0.5, 0.6) is 0 Å². The van der Waals surface area contributed by atoms with Crippen molar-refractivity contribution >= 4 is 22.0 Å². The van der Waals surface area contributed by atoms with E-state index < -0.39 is 20.8 Å². The van der Waals surface area contributed by atoms with E-state index in [4.69, 9.17) is 0 Å². The van der Waals surface area contributed by atoms with Crippen LogP contribution < -0.4 is 0 Å². The molecule has 9 heteroatoms. The average Bonchev–Trinajstić information content (AvgIpc) is 2.37. The Kier molecular flexibility index (Phi) is 2.97. The summed E-state index contributed by atoms with van der Waals surface area (Å²) in [5, 5.41) is 0. The van der Waals surface area contributed by atoms with Crippen LogP contribution in [0.25, 0.3) is 11.1 Å². The topological polar surface area (TPSA) is 42.3 Å². The van der Waals surface area contributed by atoms with Gasteiger partial charge in [0.25, 0.3) is 0 Å². The lowest BCUT2D eigenvalue weighted by molar-refractivity contribution is 0.364. The van der Waals surface area contributed by atoms with Gasteiger partial charge in [-0.15, -0.1) is 0 Å². The van der Waals surface area contributed by atoms with Crippen LogP contribution >= 0.6 is 10.2 Å². The Hall–Kier alpha value is -2.25. The lowest BCUT2D eigenvalue weighted by atomic mass is 10.1. The summed E-state index contributed by atoms with van der Waals surface area (Å²) in [6.45, 7) is 0. The third-order valence-corrected chi connectivity index (χ3v) is 3.73. The van der Waals surface area contributed by atoms with Crippen LogP contribution in [0.4, 0.5) is 25.1 Å². The number of nitrogens with zero attached hydrogens (tertiary/aromatic N) is 2. The highest BCUT2D eigenvalue weighted by Gasteiger charge is 2.66. The fraction of sp³-hybridized carbons (Fsp3) is 0. The highest BCUT2D eigenvalue weighted by Crippen LogP contribution is 3.03. The van der Waals surface area contributed by atoms with Gasteiger partial charge >= 0.3 is 10.2 Å². The van der Waals surface area contributed by atoms with Crippen LogP contribution in [0.15, 0.2) is 52.6 Å². The zero-order valence-corrected chi connectivity index (χ0v) is 11.0. The van der Waals surface area contributed by atoms with Gasteiger partial charge < -0.3 is 0 Å². The minimum Gasteiger partial charge on any atom is -0.265 e. The fourth-order valence-electron chi connectivity index (χ4n) is 1.70. The quantitative estimate of drug-likeness (QED) is 0.433. The van der Waals surface area contributed by atoms with Gasteiger partial charge in [-0.25, -0.2) is 4.79 Å². The first kappa shape index (κ1) is 15.1. The van der Waals surface area contributed by atoms with Crippen molar-refractivity contribution in [1.82, 2.24) is 4.98 Å². The van der Waals surface area contributed by atoms with Crippen molar-refractivity contribution in [1.29, 1.82) is 0 Å². The van der Waals surface area contributed by atoms with Crippen molar-refractivity contribution in [2.24, 2.45) is 4.99 Å². The van der Waals surface area contributed by atoms with E-state index in [1.54, 1.807) is 0 Å². The maximum absolute atomic E-state index is 12.9. The van der Waals surface area contributed by atoms with Crippen molar-refractivity contribution in [2.75, 3.05) is 0 Å². The summed E-state index contributed by atoms with van der Waals surface area (Å²) in [5.41, 5.74) is -0.531. The number of hydrogen-bond donors (Lipinski definition) is 0. The van der Waals surface area contributed by atoms with Gasteiger partial charge in [0.1, 0.15) is 4.90 Å². The molecule has 0 N–H and O–H groups in total. The monoisotopic (exact) mass is 322 g/mol. The first-order chi connectivity index (χ1) is 9.51. The summed E-state index contributed by atoms with van der Waals surface area (Å²) < 4.78 is 64.3. The van der Waals surface area contributed by atoms with Crippen LogP contribution in [-0.2, 0) is 4.79 Å². The Balaban J connectivity index is 2.71. The number of isocyanates is 1. The Morgan fingerprint density at radius 1 is 0.952 bits per heavy atom. The molecule has 0 aliphatic rings. The summed E-state index contributed by atoms with van der Waals surface area (Å²) in [5.74, 6) is 0. The molecule has 0 bridgehead atoms. The average molecular weight is 322 g/mol. The molecule has 2 aromatic rings. The molecule has 1 heterocycles. The first-order valence-electron chi connectivity index (χ1n) is 5.38. The molecule has 0 saturated carbocycles. The van der Waals surface area contributed by atoms with E-state index in [9.17, 15) is 24.2 Å². The molecular weight excluding hydrogens is 315 g/mol. The second-order valence-electron chi connectivity index (χ2n) is 4.09. The SMILES string of the molecule is O=C=Nc1cc(-c2ccncc2)ccc1S(F)(F)(F)(F)F. The van der Waals surface area contributed by atoms with E-state index in [1.165, 1.54) is 24.5 Å². The minimum atomic E-state index is -9.94. The Morgan fingerprint density at radius 2 is 1.57 bits per heavy atom. The van der Waals surface area contributed by atoms with Crippen LogP contribution in [0.1, 0.15) is 0 Å². The Labute approximate surface area is 115 Å². The molecule has 1 aromatic heterocycles. The van der Waals surface area contributed by atoms with Crippen molar-refractivity contribution in [3.63, 3.8) is 0 Å². The fourth-order valence-corrected chi connectivity index (χ4v) is 2.53. The molecule has 21 heavy (non-hydrogen) atoms. The molecule has 0 amide bonds. The predicted octanol–water partition coefficient (Wildman–Crippen LogP) is 5.37. The largest absolute Gasteiger partial charge is 0.312 e. The number of pyridine rings is 1. The number of aromatic nitrogens is 1. The summed E-state index contributed by atoms with van der Waals surface area (Å²) in [4.78, 5) is 14.5. The van der Waals surface area contributed by atoms with Gasteiger partial charge in [-0.1, -0.05) is 25.5 Å². The molecule has 0 spiro atoms. The van der Waals surface area contributed by atoms with Gasteiger partial charge in [0, 0.05) is 12.4 Å². The van der Waals surface area contributed by atoms with Crippen molar-refractivity contribution in [2.45, 2.75) is 4.90 Å². The molecule has 0 aliphatic carbocycles. The number of carbonyl (C=O) groups excluding carboxylic acids is 1. The number of benzene rings is 1. The predicted molar refractivity (Wildman–Crippen MR) is 68.9 cm³/mol. The van der Waals surface area contributed by atoms with Crippen LogP contribution in [0, 0.1) is 0 Å². The first-order valence-corrected chi connectivity index (χ1v) is 7.33. The molecule has 0 saturated heterocycles. The van der Waals surface area contributed by atoms with E-state index in [0.717, 1.165) is 18.2 Å². The third-order valence-electron chi connectivity index (χ3n) is 2.55. The Morgan fingerprint density at radius 3 is 2.10 bits per heavy atom. The number of hydrogen-bond acceptors (Lipinski definition) is 3. The van der Waals surface area contributed by atoms with Gasteiger partial charge in [0.05, 0.1) is 5.69 Å². The number of rotatable bonds is 3. The lowest BCUT2D eigenvalue weighted by Crippen LogP contribution is -2.06. The summed E-state index contributed by atoms with van der Waals surface area (Å²) in [6, 6.07) is 4.81. The van der Waals surface area contributed by atoms with Crippen LogP contribution in [-0.4, -0.2) is 11.1 Å². The Bertz CT molecular complexity index is 740. The molecule has 0 radical (unpaired) electrons. The molecule has 0 atom stereocenters.